The number of carboxylic acid groups (broad SMARTS) is 1. The average molecular weight is 518 g/mol. The van der Waals surface area contributed by atoms with Gasteiger partial charge in [0.25, 0.3) is 11.8 Å². The van der Waals surface area contributed by atoms with Gasteiger partial charge in [-0.3, -0.25) is 9.59 Å². The van der Waals surface area contributed by atoms with Gasteiger partial charge in [-0.25, -0.2) is 9.18 Å². The molecule has 0 radical (unpaired) electrons. The molecule has 0 spiro atoms. The molecule has 4 N–H and O–H groups in total. The summed E-state index contributed by atoms with van der Waals surface area (Å²) in [5.41, 5.74) is 0.400. The van der Waals surface area contributed by atoms with Crippen LogP contribution in [-0.4, -0.2) is 58.3 Å². The number of hydrogen-bond donors (Lipinski definition) is 4. The molecule has 10 heteroatoms. The van der Waals surface area contributed by atoms with Crippen LogP contribution in [0.1, 0.15) is 68.9 Å². The smallest absolute Gasteiger partial charge is 0.407 e. The fourth-order valence-electron chi connectivity index (χ4n) is 3.63. The quantitative estimate of drug-likeness (QED) is 0.308. The van der Waals surface area contributed by atoms with Crippen molar-refractivity contribution in [1.29, 1.82) is 0 Å². The summed E-state index contributed by atoms with van der Waals surface area (Å²) in [6.45, 7) is 7.83. The lowest BCUT2D eigenvalue weighted by Crippen LogP contribution is -2.45. The molecule has 1 atom stereocenters. The second-order valence-electron chi connectivity index (χ2n) is 9.77. The van der Waals surface area contributed by atoms with Crippen LogP contribution in [0.25, 0.3) is 0 Å². The first kappa shape index (κ1) is 29.4. The molecule has 37 heavy (non-hydrogen) atoms. The van der Waals surface area contributed by atoms with E-state index in [1.165, 1.54) is 35.2 Å². The summed E-state index contributed by atoms with van der Waals surface area (Å²) in [5.74, 6) is -1.23. The van der Waals surface area contributed by atoms with Crippen LogP contribution in [0.5, 0.6) is 11.5 Å². The van der Waals surface area contributed by atoms with E-state index in [2.05, 4.69) is 10.6 Å². The third-order valence-corrected chi connectivity index (χ3v) is 5.66. The second kappa shape index (κ2) is 13.5. The highest BCUT2D eigenvalue weighted by Crippen LogP contribution is 2.23. The second-order valence-corrected chi connectivity index (χ2v) is 9.77. The average Bonchev–Trinajstić information content (AvgIpc) is 2.81. The van der Waals surface area contributed by atoms with Gasteiger partial charge in [0.05, 0.1) is 6.04 Å². The van der Waals surface area contributed by atoms with E-state index in [9.17, 15) is 29.0 Å². The van der Waals surface area contributed by atoms with Crippen LogP contribution in [0.3, 0.4) is 0 Å². The number of carbonyl (C=O) groups excluding carboxylic acids is 2. The van der Waals surface area contributed by atoms with Crippen LogP contribution in [0.4, 0.5) is 9.18 Å². The Bertz CT molecular complexity index is 1070. The first-order chi connectivity index (χ1) is 17.4. The summed E-state index contributed by atoms with van der Waals surface area (Å²) >= 11 is 0. The lowest BCUT2D eigenvalue weighted by Gasteiger charge is -2.33. The van der Waals surface area contributed by atoms with E-state index in [1.807, 2.05) is 20.8 Å². The maximum absolute atomic E-state index is 13.1. The molecule has 9 nitrogen and oxygen atoms in total. The minimum atomic E-state index is -0.951. The van der Waals surface area contributed by atoms with Gasteiger partial charge in [-0.2, -0.15) is 0 Å². The van der Waals surface area contributed by atoms with Gasteiger partial charge in [-0.05, 0) is 76.8 Å². The highest BCUT2D eigenvalue weighted by atomic mass is 19.1. The number of benzene rings is 2. The first-order valence-corrected chi connectivity index (χ1v) is 12.2. The van der Waals surface area contributed by atoms with E-state index in [0.717, 1.165) is 12.0 Å². The Hall–Kier alpha value is -3.82. The topological polar surface area (TPSA) is 128 Å². The number of phenolic OH excluding ortho intramolecular Hbond substituents is 1. The molecule has 2 aromatic rings. The van der Waals surface area contributed by atoms with E-state index in [4.69, 9.17) is 4.74 Å². The molecule has 0 aliphatic rings. The van der Waals surface area contributed by atoms with Crippen LogP contribution in [0, 0.1) is 5.82 Å². The summed E-state index contributed by atoms with van der Waals surface area (Å²) in [6.07, 6.45) is 1.17. The summed E-state index contributed by atoms with van der Waals surface area (Å²) in [5, 5.41) is 24.8. The number of nitrogens with one attached hydrogen (secondary N) is 2. The number of nitrogens with zero attached hydrogens (tertiary/aromatic N) is 1. The van der Waals surface area contributed by atoms with E-state index in [0.29, 0.717) is 25.9 Å². The van der Waals surface area contributed by atoms with Crippen LogP contribution in [-0.2, 0) is 4.79 Å². The lowest BCUT2D eigenvalue weighted by molar-refractivity contribution is -0.123. The van der Waals surface area contributed by atoms with E-state index in [1.54, 1.807) is 19.1 Å². The van der Waals surface area contributed by atoms with Crippen molar-refractivity contribution in [3.63, 3.8) is 0 Å². The van der Waals surface area contributed by atoms with Gasteiger partial charge < -0.3 is 30.5 Å². The minimum absolute atomic E-state index is 0.148. The molecule has 2 rings (SSSR count). The van der Waals surface area contributed by atoms with Crippen LogP contribution >= 0.6 is 0 Å². The molecule has 3 amide bonds. The molecular formula is C27H36FN3O6. The fraction of sp³-hybridized carbons (Fsp3) is 0.444. The zero-order valence-electron chi connectivity index (χ0n) is 21.7. The highest BCUT2D eigenvalue weighted by molar-refractivity contribution is 5.95. The van der Waals surface area contributed by atoms with Crippen molar-refractivity contribution in [1.82, 2.24) is 15.5 Å². The summed E-state index contributed by atoms with van der Waals surface area (Å²) in [7, 11) is 0. The number of phenols is 1. The number of amides is 3. The van der Waals surface area contributed by atoms with Crippen LogP contribution in [0.15, 0.2) is 42.5 Å². The molecular weight excluding hydrogens is 481 g/mol. The molecule has 0 heterocycles. The summed E-state index contributed by atoms with van der Waals surface area (Å²) < 4.78 is 18.6. The van der Waals surface area contributed by atoms with E-state index >= 15 is 0 Å². The molecule has 2 aromatic carbocycles. The Kier molecular flexibility index (Phi) is 10.7. The zero-order valence-corrected chi connectivity index (χ0v) is 21.7. The number of hydrogen-bond acceptors (Lipinski definition) is 5. The Morgan fingerprint density at radius 3 is 2.35 bits per heavy atom. The molecule has 202 valence electrons. The Morgan fingerprint density at radius 2 is 1.73 bits per heavy atom. The number of unbranched alkanes of at least 4 members (excludes halogenated alkanes) is 2. The number of halogens is 1. The number of ether oxygens (including phenoxy) is 1. The van der Waals surface area contributed by atoms with Crippen molar-refractivity contribution >= 4 is 17.9 Å². The molecule has 0 saturated heterocycles. The fourth-order valence-corrected chi connectivity index (χ4v) is 3.63. The van der Waals surface area contributed by atoms with Crippen molar-refractivity contribution in [2.45, 2.75) is 58.5 Å². The SMILES string of the molecule is C[C@@H](NC(=O)c1cc(O)cc(OCC(=O)NCCCCCN(C(=O)O)C(C)(C)C)c1)c1ccc(F)cc1. The van der Waals surface area contributed by atoms with Crippen molar-refractivity contribution in [2.24, 2.45) is 0 Å². The Morgan fingerprint density at radius 1 is 1.05 bits per heavy atom. The van der Waals surface area contributed by atoms with Gasteiger partial charge in [0.2, 0.25) is 0 Å². The predicted octanol–water partition coefficient (Wildman–Crippen LogP) is 4.47. The molecule has 0 fully saturated rings. The van der Waals surface area contributed by atoms with Crippen molar-refractivity contribution < 1.29 is 33.7 Å². The maximum atomic E-state index is 13.1. The number of aromatic hydroxyl groups is 1. The normalized spacial score (nSPS) is 11.9. The molecule has 0 aromatic heterocycles. The molecule has 0 aliphatic heterocycles. The van der Waals surface area contributed by atoms with Gasteiger partial charge >= 0.3 is 6.09 Å². The standard InChI is InChI=1S/C27H36FN3O6/c1-18(19-8-10-21(28)11-9-19)30-25(34)20-14-22(32)16-23(15-20)37-17-24(33)29-12-6-5-7-13-31(26(35)36)27(2,3)4/h8-11,14-16,18,32H,5-7,12-13,17H2,1-4H3,(H,29,33)(H,30,34)(H,35,36)/t18-/m1/s1. The Balaban J connectivity index is 1.77. The number of carbonyl (C=O) groups is 3. The molecule has 0 unspecified atom stereocenters. The predicted molar refractivity (Wildman–Crippen MR) is 137 cm³/mol. The summed E-state index contributed by atoms with van der Waals surface area (Å²) in [6, 6.07) is 9.38. The minimum Gasteiger partial charge on any atom is -0.508 e. The van der Waals surface area contributed by atoms with Crippen LogP contribution in [0.2, 0.25) is 0 Å². The van der Waals surface area contributed by atoms with E-state index < -0.39 is 23.6 Å². The van der Waals surface area contributed by atoms with Crippen molar-refractivity contribution in [2.75, 3.05) is 19.7 Å². The lowest BCUT2D eigenvalue weighted by atomic mass is 10.1. The van der Waals surface area contributed by atoms with Gasteiger partial charge in [0.15, 0.2) is 6.61 Å². The molecule has 0 saturated carbocycles. The van der Waals surface area contributed by atoms with Gasteiger partial charge in [-0.1, -0.05) is 12.1 Å². The molecule has 0 bridgehead atoms. The van der Waals surface area contributed by atoms with Gasteiger partial charge in [0.1, 0.15) is 17.3 Å². The van der Waals surface area contributed by atoms with Crippen molar-refractivity contribution in [3.8, 4) is 11.5 Å². The zero-order chi connectivity index (χ0) is 27.6. The highest BCUT2D eigenvalue weighted by Gasteiger charge is 2.25. The number of rotatable bonds is 12. The largest absolute Gasteiger partial charge is 0.508 e. The van der Waals surface area contributed by atoms with E-state index in [-0.39, 0.29) is 35.4 Å². The third kappa shape index (κ3) is 9.98. The summed E-state index contributed by atoms with van der Waals surface area (Å²) in [4.78, 5) is 37.5. The van der Waals surface area contributed by atoms with Gasteiger partial charge in [-0.15, -0.1) is 0 Å². The third-order valence-electron chi connectivity index (χ3n) is 5.66. The van der Waals surface area contributed by atoms with Gasteiger partial charge in [0, 0.05) is 30.3 Å². The van der Waals surface area contributed by atoms with Crippen LogP contribution < -0.4 is 15.4 Å². The Labute approximate surface area is 216 Å². The van der Waals surface area contributed by atoms with Crippen molar-refractivity contribution in [3.05, 3.63) is 59.4 Å². The first-order valence-electron chi connectivity index (χ1n) is 12.2. The maximum Gasteiger partial charge on any atom is 0.407 e. The molecule has 0 aliphatic carbocycles. The monoisotopic (exact) mass is 517 g/mol.